The first-order chi connectivity index (χ1) is 15.9. The molecule has 0 saturated heterocycles. The molecule has 0 aliphatic carbocycles. The van der Waals surface area contributed by atoms with Gasteiger partial charge in [-0.1, -0.05) is 46.9 Å². The van der Waals surface area contributed by atoms with Crippen LogP contribution in [0.5, 0.6) is 11.5 Å². The minimum absolute atomic E-state index is 0.226. The van der Waals surface area contributed by atoms with Gasteiger partial charge in [0.15, 0.2) is 11.5 Å². The Morgan fingerprint density at radius 1 is 1.06 bits per heavy atom. The molecule has 1 N–H and O–H groups in total. The monoisotopic (exact) mass is 497 g/mol. The van der Waals surface area contributed by atoms with Crippen molar-refractivity contribution in [2.45, 2.75) is 13.5 Å². The van der Waals surface area contributed by atoms with Gasteiger partial charge in [-0.15, -0.1) is 0 Å². The fourth-order valence-corrected chi connectivity index (χ4v) is 3.91. The number of nitrogens with zero attached hydrogens (tertiary/aromatic N) is 2. The number of halogens is 3. The van der Waals surface area contributed by atoms with Crippen molar-refractivity contribution in [2.24, 2.45) is 0 Å². The molecule has 0 amide bonds. The number of nitrogens with one attached hydrogen (secondary N) is 1. The first kappa shape index (κ1) is 23.0. The van der Waals surface area contributed by atoms with Crippen LogP contribution < -0.4 is 9.47 Å². The molecule has 1 aromatic heterocycles. The number of imidazole rings is 1. The molecular formula is C25H18Cl3N3O2. The summed E-state index contributed by atoms with van der Waals surface area (Å²) in [5.41, 5.74) is 4.64. The Morgan fingerprint density at radius 2 is 1.88 bits per heavy atom. The number of H-pyrrole nitrogens is 1. The van der Waals surface area contributed by atoms with Crippen LogP contribution in [0.3, 0.4) is 0 Å². The van der Waals surface area contributed by atoms with Gasteiger partial charge in [0.1, 0.15) is 18.5 Å². The van der Waals surface area contributed by atoms with Crippen molar-refractivity contribution in [1.82, 2.24) is 9.97 Å². The molecule has 0 aliphatic rings. The molecule has 0 bridgehead atoms. The lowest BCUT2D eigenvalue weighted by atomic mass is 10.1. The van der Waals surface area contributed by atoms with Crippen molar-refractivity contribution < 1.29 is 9.47 Å². The number of ether oxygens (including phenoxy) is 2. The molecule has 1 heterocycles. The van der Waals surface area contributed by atoms with Crippen LogP contribution in [0.25, 0.3) is 22.7 Å². The Kier molecular flexibility index (Phi) is 6.80. The van der Waals surface area contributed by atoms with Crippen molar-refractivity contribution in [3.63, 3.8) is 0 Å². The summed E-state index contributed by atoms with van der Waals surface area (Å²) in [5.74, 6) is 1.31. The highest BCUT2D eigenvalue weighted by Crippen LogP contribution is 2.38. The zero-order valence-corrected chi connectivity index (χ0v) is 20.0. The third-order valence-electron chi connectivity index (χ3n) is 4.94. The van der Waals surface area contributed by atoms with Crippen LogP contribution in [-0.2, 0) is 6.61 Å². The van der Waals surface area contributed by atoms with E-state index < -0.39 is 0 Å². The lowest BCUT2D eigenvalue weighted by Gasteiger charge is -2.14. The Morgan fingerprint density at radius 3 is 2.61 bits per heavy atom. The van der Waals surface area contributed by atoms with Crippen molar-refractivity contribution >= 4 is 57.5 Å². The van der Waals surface area contributed by atoms with E-state index in [1.165, 1.54) is 7.11 Å². The molecule has 0 unspecified atom stereocenters. The predicted octanol–water partition coefficient (Wildman–Crippen LogP) is 7.48. The smallest absolute Gasteiger partial charge is 0.180 e. The van der Waals surface area contributed by atoms with Crippen molar-refractivity contribution in [3.8, 4) is 17.6 Å². The molecule has 3 aromatic carbocycles. The molecule has 4 aromatic rings. The summed E-state index contributed by atoms with van der Waals surface area (Å²) < 4.78 is 11.4. The maximum atomic E-state index is 9.74. The highest BCUT2D eigenvalue weighted by atomic mass is 35.5. The molecule has 0 radical (unpaired) electrons. The van der Waals surface area contributed by atoms with Gasteiger partial charge in [0.2, 0.25) is 0 Å². The number of benzene rings is 3. The van der Waals surface area contributed by atoms with Gasteiger partial charge in [0.05, 0.1) is 38.8 Å². The van der Waals surface area contributed by atoms with E-state index in [9.17, 15) is 5.26 Å². The number of aromatic nitrogens is 2. The van der Waals surface area contributed by atoms with Gasteiger partial charge in [0, 0.05) is 0 Å². The number of allylic oxidation sites excluding steroid dienone is 1. The molecule has 0 fully saturated rings. The average molecular weight is 499 g/mol. The quantitative estimate of drug-likeness (QED) is 0.280. The summed E-state index contributed by atoms with van der Waals surface area (Å²) >= 11 is 18.5. The third-order valence-corrected chi connectivity index (χ3v) is 5.96. The Hall–Kier alpha value is -3.17. The first-order valence-corrected chi connectivity index (χ1v) is 11.0. The van der Waals surface area contributed by atoms with Crippen LogP contribution in [0.1, 0.15) is 22.5 Å². The topological polar surface area (TPSA) is 70.9 Å². The maximum absolute atomic E-state index is 9.74. The number of aryl methyl sites for hydroxylation is 1. The Bertz CT molecular complexity index is 1420. The van der Waals surface area contributed by atoms with Gasteiger partial charge >= 0.3 is 0 Å². The molecule has 8 heteroatoms. The van der Waals surface area contributed by atoms with E-state index in [-0.39, 0.29) is 6.61 Å². The molecular weight excluding hydrogens is 481 g/mol. The van der Waals surface area contributed by atoms with E-state index in [0.29, 0.717) is 43.5 Å². The van der Waals surface area contributed by atoms with Crippen LogP contribution >= 0.6 is 34.8 Å². The molecule has 0 atom stereocenters. The number of fused-ring (bicyclic) bond motifs is 1. The third kappa shape index (κ3) is 5.09. The number of methoxy groups -OCH3 is 1. The zero-order valence-electron chi connectivity index (χ0n) is 17.7. The van der Waals surface area contributed by atoms with E-state index in [2.05, 4.69) is 16.0 Å². The van der Waals surface area contributed by atoms with Gasteiger partial charge in [-0.3, -0.25) is 0 Å². The molecule has 4 rings (SSSR count). The maximum Gasteiger partial charge on any atom is 0.180 e. The number of hydrogen-bond donors (Lipinski definition) is 1. The molecule has 0 saturated carbocycles. The van der Waals surface area contributed by atoms with Crippen LogP contribution in [0.2, 0.25) is 15.1 Å². The second-order valence-corrected chi connectivity index (χ2v) is 8.57. The Labute approximate surface area is 206 Å². The van der Waals surface area contributed by atoms with Crippen LogP contribution in [0, 0.1) is 18.3 Å². The predicted molar refractivity (Wildman–Crippen MR) is 133 cm³/mol. The zero-order chi connectivity index (χ0) is 23.5. The highest BCUT2D eigenvalue weighted by molar-refractivity contribution is 6.42. The molecule has 33 heavy (non-hydrogen) atoms. The second kappa shape index (κ2) is 9.76. The van der Waals surface area contributed by atoms with Crippen molar-refractivity contribution in [2.75, 3.05) is 7.11 Å². The number of hydrogen-bond acceptors (Lipinski definition) is 4. The number of nitriles is 1. The minimum Gasteiger partial charge on any atom is -0.493 e. The standard InChI is InChI=1S/C25H18Cl3N3O2/c1-14-3-6-21-22(7-14)31-25(30-21)17(12-29)8-16-10-20(28)24(23(11-16)32-2)33-13-15-4-5-18(26)19(27)9-15/h3-11H,13H2,1-2H3,(H,30,31)/b17-8-. The minimum atomic E-state index is 0.226. The lowest BCUT2D eigenvalue weighted by molar-refractivity contribution is 0.284. The fraction of sp³-hybridized carbons (Fsp3) is 0.120. The van der Waals surface area contributed by atoms with Crippen molar-refractivity contribution in [3.05, 3.63) is 86.1 Å². The van der Waals surface area contributed by atoms with E-state index >= 15 is 0 Å². The average Bonchev–Trinajstić information content (AvgIpc) is 3.21. The number of aromatic amines is 1. The largest absolute Gasteiger partial charge is 0.493 e. The molecule has 166 valence electrons. The summed E-state index contributed by atoms with van der Waals surface area (Å²) in [4.78, 5) is 7.72. The SMILES string of the molecule is COc1cc(/C=C(/C#N)c2nc3ccc(C)cc3[nH]2)cc(Cl)c1OCc1ccc(Cl)c(Cl)c1. The molecule has 5 nitrogen and oxygen atoms in total. The summed E-state index contributed by atoms with van der Waals surface area (Å²) in [7, 11) is 1.53. The van der Waals surface area contributed by atoms with Gasteiger partial charge in [-0.25, -0.2) is 4.98 Å². The normalized spacial score (nSPS) is 11.5. The summed E-state index contributed by atoms with van der Waals surface area (Å²) in [5, 5.41) is 11.0. The van der Waals surface area contributed by atoms with E-state index in [0.717, 1.165) is 22.2 Å². The summed E-state index contributed by atoms with van der Waals surface area (Å²) in [6.07, 6.45) is 1.70. The van der Waals surface area contributed by atoms with E-state index in [1.807, 2.05) is 31.2 Å². The first-order valence-electron chi connectivity index (χ1n) is 9.90. The van der Waals surface area contributed by atoms with Gasteiger partial charge < -0.3 is 14.5 Å². The van der Waals surface area contributed by atoms with Crippen LogP contribution in [-0.4, -0.2) is 17.1 Å². The Balaban J connectivity index is 1.63. The summed E-state index contributed by atoms with van der Waals surface area (Å²) in [6, 6.07) is 16.8. The highest BCUT2D eigenvalue weighted by Gasteiger charge is 2.14. The molecule has 0 aliphatic heterocycles. The molecule has 0 spiro atoms. The van der Waals surface area contributed by atoms with E-state index in [4.69, 9.17) is 44.3 Å². The van der Waals surface area contributed by atoms with Gasteiger partial charge in [-0.05, 0) is 66.1 Å². The van der Waals surface area contributed by atoms with Gasteiger partial charge in [-0.2, -0.15) is 5.26 Å². The number of rotatable bonds is 6. The van der Waals surface area contributed by atoms with Crippen LogP contribution in [0.15, 0.2) is 48.5 Å². The fourth-order valence-electron chi connectivity index (χ4n) is 3.32. The van der Waals surface area contributed by atoms with Gasteiger partial charge in [0.25, 0.3) is 0 Å². The van der Waals surface area contributed by atoms with Crippen LogP contribution in [0.4, 0.5) is 0 Å². The van der Waals surface area contributed by atoms with Crippen molar-refractivity contribution in [1.29, 1.82) is 5.26 Å². The lowest BCUT2D eigenvalue weighted by Crippen LogP contribution is -1.99. The summed E-state index contributed by atoms with van der Waals surface area (Å²) in [6.45, 7) is 2.23. The second-order valence-electron chi connectivity index (χ2n) is 7.35. The van der Waals surface area contributed by atoms with E-state index in [1.54, 1.807) is 30.3 Å².